The molecule has 196 valence electrons. The highest BCUT2D eigenvalue weighted by Gasteiger charge is 2.20. The second-order valence-electron chi connectivity index (χ2n) is 8.83. The predicted molar refractivity (Wildman–Crippen MR) is 147 cm³/mol. The van der Waals surface area contributed by atoms with E-state index >= 15 is 0 Å². The number of carbonyl (C=O) groups is 1. The molecule has 2 aromatic heterocycles. The van der Waals surface area contributed by atoms with E-state index in [0.29, 0.717) is 16.6 Å². The molecule has 1 aliphatic rings. The summed E-state index contributed by atoms with van der Waals surface area (Å²) in [5, 5.41) is 0.291. The highest BCUT2D eigenvalue weighted by molar-refractivity contribution is 14.1. The zero-order valence-corrected chi connectivity index (χ0v) is 23.4. The first-order valence-electron chi connectivity index (χ1n) is 11.8. The Morgan fingerprint density at radius 1 is 1.24 bits per heavy atom. The van der Waals surface area contributed by atoms with E-state index in [1.165, 1.54) is 17.9 Å². The predicted octanol–water partition coefficient (Wildman–Crippen LogP) is 3.27. The number of aromatic nitrogens is 4. The van der Waals surface area contributed by atoms with E-state index in [9.17, 15) is 14.4 Å². The summed E-state index contributed by atoms with van der Waals surface area (Å²) in [6.45, 7) is 1.95. The van der Waals surface area contributed by atoms with E-state index in [4.69, 9.17) is 21.1 Å². The van der Waals surface area contributed by atoms with Gasteiger partial charge in [0, 0.05) is 0 Å². The summed E-state index contributed by atoms with van der Waals surface area (Å²) < 4.78 is 12.2. The van der Waals surface area contributed by atoms with Gasteiger partial charge < -0.3 is 9.47 Å². The number of alkyl halides is 1. The van der Waals surface area contributed by atoms with Crippen molar-refractivity contribution >= 4 is 45.8 Å². The van der Waals surface area contributed by atoms with E-state index in [2.05, 4.69) is 15.0 Å². The zero-order chi connectivity index (χ0) is 26.5. The topological polar surface area (TPSA) is 121 Å². The first-order chi connectivity index (χ1) is 17.7. The van der Waals surface area contributed by atoms with Gasteiger partial charge in [-0.05, 0) is 44.2 Å². The van der Waals surface area contributed by atoms with Crippen molar-refractivity contribution in [3.63, 3.8) is 0 Å². The highest BCUT2D eigenvalue weighted by Crippen LogP contribution is 2.30. The largest absolute Gasteiger partial charge is 0.473 e. The number of pyridine rings is 1. The second-order valence-corrected chi connectivity index (χ2v) is 10.7. The quantitative estimate of drug-likeness (QED) is 0.230. The molecule has 3 aromatic rings. The minimum Gasteiger partial charge on any atom is -0.473 e. The summed E-state index contributed by atoms with van der Waals surface area (Å²) in [7, 11) is 1.25. The standard InChI is InChI=1S/C25H27ClIN5O5/c1-15-7-9-16(10-8-15)13-31-23(30-24(34)32(25(31)35)14-20(27)22(33)36-2)29-17-11-19(26)21(28-12-17)37-18-5-3-4-6-18/h7-12,18,20H,3-6,13-14H2,1-2H3,(H,29,30,34)/t20-/m0/s1. The maximum Gasteiger partial charge on any atom is 0.335 e. The Balaban J connectivity index is 1.76. The van der Waals surface area contributed by atoms with Crippen LogP contribution in [0.1, 0.15) is 36.8 Å². The maximum absolute atomic E-state index is 13.5. The molecule has 0 unspecified atom stereocenters. The number of nitrogens with zero attached hydrogens (tertiary/aromatic N) is 4. The summed E-state index contributed by atoms with van der Waals surface area (Å²) >= 11 is 8.25. The van der Waals surface area contributed by atoms with Crippen LogP contribution in [0.15, 0.2) is 51.1 Å². The van der Waals surface area contributed by atoms with Crippen molar-refractivity contribution in [2.45, 2.75) is 55.7 Å². The van der Waals surface area contributed by atoms with Crippen molar-refractivity contribution in [1.29, 1.82) is 0 Å². The number of halogens is 2. The average Bonchev–Trinajstić information content (AvgIpc) is 3.39. The number of aromatic amines is 1. The van der Waals surface area contributed by atoms with E-state index in [0.717, 1.165) is 41.4 Å². The van der Waals surface area contributed by atoms with Crippen LogP contribution in [-0.4, -0.2) is 42.2 Å². The Morgan fingerprint density at radius 3 is 2.59 bits per heavy atom. The third kappa shape index (κ3) is 6.69. The van der Waals surface area contributed by atoms with Crippen LogP contribution in [0.5, 0.6) is 5.88 Å². The van der Waals surface area contributed by atoms with Crippen molar-refractivity contribution < 1.29 is 14.3 Å². The lowest BCUT2D eigenvalue weighted by atomic mass is 10.1. The van der Waals surface area contributed by atoms with Crippen LogP contribution >= 0.6 is 34.2 Å². The first-order valence-corrected chi connectivity index (χ1v) is 13.5. The van der Waals surface area contributed by atoms with Crippen LogP contribution in [0, 0.1) is 6.92 Å². The van der Waals surface area contributed by atoms with Crippen LogP contribution in [0.25, 0.3) is 0 Å². The van der Waals surface area contributed by atoms with Crippen LogP contribution in [0.4, 0.5) is 5.69 Å². The molecule has 0 spiro atoms. The fraction of sp³-hybridized carbons (Fsp3) is 0.400. The van der Waals surface area contributed by atoms with Gasteiger partial charge in [0.1, 0.15) is 15.1 Å². The van der Waals surface area contributed by atoms with Gasteiger partial charge in [0.25, 0.3) is 0 Å². The number of esters is 1. The molecule has 4 rings (SSSR count). The smallest absolute Gasteiger partial charge is 0.335 e. The number of ether oxygens (including phenoxy) is 2. The molecule has 2 heterocycles. The monoisotopic (exact) mass is 639 g/mol. The normalized spacial score (nSPS) is 15.1. The number of carbonyl (C=O) groups excluding carboxylic acids is 1. The first kappa shape index (κ1) is 27.1. The summed E-state index contributed by atoms with van der Waals surface area (Å²) in [5.74, 6) is -0.203. The van der Waals surface area contributed by atoms with E-state index in [-0.39, 0.29) is 24.8 Å². The van der Waals surface area contributed by atoms with Gasteiger partial charge in [0.15, 0.2) is 0 Å². The molecule has 12 heteroatoms. The molecule has 1 fully saturated rings. The molecule has 1 N–H and O–H groups in total. The molecule has 1 saturated carbocycles. The van der Waals surface area contributed by atoms with Crippen LogP contribution in [0.2, 0.25) is 5.02 Å². The third-order valence-corrected chi connectivity index (χ3v) is 7.22. The van der Waals surface area contributed by atoms with Crippen molar-refractivity contribution in [2.75, 3.05) is 7.11 Å². The van der Waals surface area contributed by atoms with Crippen LogP contribution < -0.4 is 21.7 Å². The van der Waals surface area contributed by atoms with Crippen molar-refractivity contribution in [2.24, 2.45) is 4.99 Å². The maximum atomic E-state index is 13.5. The summed E-state index contributed by atoms with van der Waals surface area (Å²) in [6.07, 6.45) is 5.75. The summed E-state index contributed by atoms with van der Waals surface area (Å²) in [4.78, 5) is 49.7. The number of hydrogen-bond acceptors (Lipinski definition) is 7. The Bertz CT molecular complexity index is 1460. The Kier molecular flexibility index (Phi) is 8.85. The fourth-order valence-electron chi connectivity index (χ4n) is 4.03. The highest BCUT2D eigenvalue weighted by atomic mass is 127. The molecule has 1 atom stereocenters. The van der Waals surface area contributed by atoms with Crippen LogP contribution in [-0.2, 0) is 22.6 Å². The Labute approximate surface area is 231 Å². The number of methoxy groups -OCH3 is 1. The van der Waals surface area contributed by atoms with Gasteiger partial charge in [0.05, 0.1) is 32.1 Å². The molecule has 0 saturated heterocycles. The molecular formula is C25H27ClIN5O5. The molecule has 10 nitrogen and oxygen atoms in total. The lowest BCUT2D eigenvalue weighted by molar-refractivity contribution is -0.139. The summed E-state index contributed by atoms with van der Waals surface area (Å²) in [5.41, 5.74) is 0.957. The van der Waals surface area contributed by atoms with Crippen molar-refractivity contribution in [1.82, 2.24) is 19.1 Å². The number of hydrogen-bond donors (Lipinski definition) is 1. The van der Waals surface area contributed by atoms with Gasteiger partial charge in [0.2, 0.25) is 11.5 Å². The Hall–Kier alpha value is -2.93. The minimum absolute atomic E-state index is 0.0252. The number of H-pyrrole nitrogens is 1. The minimum atomic E-state index is -0.729. The zero-order valence-electron chi connectivity index (χ0n) is 20.4. The number of benzene rings is 1. The summed E-state index contributed by atoms with van der Waals surface area (Å²) in [6, 6.07) is 9.23. The molecule has 37 heavy (non-hydrogen) atoms. The molecule has 0 amide bonds. The molecule has 1 aromatic carbocycles. The van der Waals surface area contributed by atoms with E-state index in [1.807, 2.05) is 53.8 Å². The van der Waals surface area contributed by atoms with E-state index < -0.39 is 21.3 Å². The van der Waals surface area contributed by atoms with Gasteiger partial charge in [-0.25, -0.2) is 24.1 Å². The average molecular weight is 640 g/mol. The molecule has 0 aliphatic heterocycles. The van der Waals surface area contributed by atoms with Gasteiger partial charge in [-0.3, -0.25) is 14.3 Å². The number of nitrogens with one attached hydrogen (secondary N) is 1. The van der Waals surface area contributed by atoms with Gasteiger partial charge >= 0.3 is 17.3 Å². The van der Waals surface area contributed by atoms with Crippen LogP contribution in [0.3, 0.4) is 0 Å². The molecule has 1 aliphatic carbocycles. The number of rotatable bonds is 8. The number of aryl methyl sites for hydroxylation is 1. The van der Waals surface area contributed by atoms with Gasteiger partial charge in [-0.15, -0.1) is 0 Å². The molecule has 0 radical (unpaired) electrons. The van der Waals surface area contributed by atoms with Gasteiger partial charge in [-0.2, -0.15) is 0 Å². The van der Waals surface area contributed by atoms with Crippen molar-refractivity contribution in [3.05, 3.63) is 79.3 Å². The second kappa shape index (κ2) is 12.1. The Morgan fingerprint density at radius 2 is 1.95 bits per heavy atom. The lowest BCUT2D eigenvalue weighted by Crippen LogP contribution is -2.51. The SMILES string of the molecule is COC(=O)[C@@H](I)Cn1c(=O)[nH]/c(=N\c2cnc(OC3CCCC3)c(Cl)c2)n(Cc2ccc(C)cc2)c1=O. The van der Waals surface area contributed by atoms with Gasteiger partial charge in [-0.1, -0.05) is 64.0 Å². The van der Waals surface area contributed by atoms with Crippen molar-refractivity contribution in [3.8, 4) is 5.88 Å². The fourth-order valence-corrected chi connectivity index (χ4v) is 4.89. The molecular weight excluding hydrogens is 613 g/mol. The third-order valence-electron chi connectivity index (χ3n) is 6.05. The molecule has 0 bridgehead atoms. The lowest BCUT2D eigenvalue weighted by Gasteiger charge is -2.14. The van der Waals surface area contributed by atoms with E-state index in [1.54, 1.807) is 6.07 Å².